The number of amides is 2. The number of ether oxygens (including phenoxy) is 1. The number of anilines is 2. The average Bonchev–Trinajstić information content (AvgIpc) is 3.33. The zero-order valence-electron chi connectivity index (χ0n) is 18.0. The molecular weight excluding hydrogens is 477 g/mol. The van der Waals surface area contributed by atoms with Crippen molar-refractivity contribution in [2.45, 2.75) is 19.2 Å². The summed E-state index contributed by atoms with van der Waals surface area (Å²) in [5, 5.41) is 7.33. The van der Waals surface area contributed by atoms with Gasteiger partial charge in [-0.3, -0.25) is 9.59 Å². The van der Waals surface area contributed by atoms with Gasteiger partial charge in [0.1, 0.15) is 5.75 Å². The summed E-state index contributed by atoms with van der Waals surface area (Å²) in [5.41, 5.74) is -0.753. The van der Waals surface area contributed by atoms with Crippen LogP contribution in [0.5, 0.6) is 5.75 Å². The SMILES string of the molecule is O=C(CNc1ccc(NC(=O)c2ccco2)cc1C(F)(F)F)NCCc1ccc(OC(F)F)cc1. The Kier molecular flexibility index (Phi) is 8.29. The molecule has 2 amide bonds. The lowest BCUT2D eigenvalue weighted by atomic mass is 10.1. The fraction of sp³-hybridized carbons (Fsp3) is 0.217. The maximum atomic E-state index is 13.5. The molecule has 0 aliphatic carbocycles. The van der Waals surface area contributed by atoms with Gasteiger partial charge < -0.3 is 25.1 Å². The van der Waals surface area contributed by atoms with Crippen LogP contribution in [0.4, 0.5) is 33.3 Å². The monoisotopic (exact) mass is 497 g/mol. The third kappa shape index (κ3) is 7.73. The molecule has 3 N–H and O–H groups in total. The Morgan fingerprint density at radius 3 is 2.40 bits per heavy atom. The quantitative estimate of drug-likeness (QED) is 0.346. The summed E-state index contributed by atoms with van der Waals surface area (Å²) >= 11 is 0. The molecule has 0 aliphatic rings. The van der Waals surface area contributed by atoms with Crippen LogP contribution in [0.3, 0.4) is 0 Å². The van der Waals surface area contributed by atoms with Gasteiger partial charge in [0, 0.05) is 17.9 Å². The highest BCUT2D eigenvalue weighted by atomic mass is 19.4. The number of nitrogens with one attached hydrogen (secondary N) is 3. The Balaban J connectivity index is 1.53. The van der Waals surface area contributed by atoms with E-state index in [0.29, 0.717) is 6.42 Å². The molecule has 0 saturated heterocycles. The second-order valence-corrected chi connectivity index (χ2v) is 7.17. The van der Waals surface area contributed by atoms with Gasteiger partial charge in [-0.2, -0.15) is 22.0 Å². The molecule has 35 heavy (non-hydrogen) atoms. The molecule has 3 rings (SSSR count). The zero-order chi connectivity index (χ0) is 25.4. The summed E-state index contributed by atoms with van der Waals surface area (Å²) in [6.45, 7) is -3.18. The van der Waals surface area contributed by atoms with Gasteiger partial charge in [0.25, 0.3) is 5.91 Å². The van der Waals surface area contributed by atoms with E-state index in [0.717, 1.165) is 17.7 Å². The minimum absolute atomic E-state index is 0.00371. The first-order valence-electron chi connectivity index (χ1n) is 10.2. The molecule has 0 bridgehead atoms. The molecule has 0 aliphatic heterocycles. The summed E-state index contributed by atoms with van der Waals surface area (Å²) in [6, 6.07) is 11.8. The second-order valence-electron chi connectivity index (χ2n) is 7.17. The molecule has 12 heteroatoms. The van der Waals surface area contributed by atoms with Crippen LogP contribution in [0.2, 0.25) is 0 Å². The lowest BCUT2D eigenvalue weighted by Crippen LogP contribution is -2.31. The number of hydrogen-bond donors (Lipinski definition) is 3. The van der Waals surface area contributed by atoms with E-state index >= 15 is 0 Å². The molecule has 2 aromatic carbocycles. The van der Waals surface area contributed by atoms with Crippen molar-refractivity contribution < 1.29 is 40.7 Å². The van der Waals surface area contributed by atoms with Crippen LogP contribution in [0.25, 0.3) is 0 Å². The van der Waals surface area contributed by atoms with Gasteiger partial charge in [-0.05, 0) is 54.4 Å². The summed E-state index contributed by atoms with van der Waals surface area (Å²) in [7, 11) is 0. The summed E-state index contributed by atoms with van der Waals surface area (Å²) in [6.07, 6.45) is -3.11. The van der Waals surface area contributed by atoms with Crippen molar-refractivity contribution in [3.63, 3.8) is 0 Å². The van der Waals surface area contributed by atoms with Crippen molar-refractivity contribution in [3.05, 3.63) is 77.7 Å². The van der Waals surface area contributed by atoms with E-state index in [1.165, 1.54) is 36.6 Å². The standard InChI is InChI=1S/C23H20F5N3O4/c24-22(25)35-16-6-3-14(4-7-16)9-10-29-20(32)13-30-18-8-5-15(12-17(18)23(26,27)28)31-21(33)19-2-1-11-34-19/h1-8,11-12,22,30H,9-10,13H2,(H,29,32)(H,31,33). The third-order valence-corrected chi connectivity index (χ3v) is 4.65. The summed E-state index contributed by atoms with van der Waals surface area (Å²) in [4.78, 5) is 24.1. The number of hydrogen-bond acceptors (Lipinski definition) is 5. The van der Waals surface area contributed by atoms with Gasteiger partial charge in [0.2, 0.25) is 5.91 Å². The predicted molar refractivity (Wildman–Crippen MR) is 116 cm³/mol. The molecule has 1 heterocycles. The Morgan fingerprint density at radius 1 is 1.03 bits per heavy atom. The Bertz CT molecular complexity index is 1130. The molecule has 0 atom stereocenters. The van der Waals surface area contributed by atoms with Crippen LogP contribution < -0.4 is 20.7 Å². The zero-order valence-corrected chi connectivity index (χ0v) is 18.0. The largest absolute Gasteiger partial charge is 0.459 e. The minimum atomic E-state index is -4.75. The van der Waals surface area contributed by atoms with E-state index in [1.54, 1.807) is 12.1 Å². The number of alkyl halides is 5. The van der Waals surface area contributed by atoms with E-state index in [2.05, 4.69) is 20.7 Å². The molecule has 7 nitrogen and oxygen atoms in total. The van der Waals surface area contributed by atoms with E-state index in [-0.39, 0.29) is 29.4 Å². The van der Waals surface area contributed by atoms with Crippen molar-refractivity contribution in [2.75, 3.05) is 23.7 Å². The number of furan rings is 1. The Hall–Kier alpha value is -4.09. The van der Waals surface area contributed by atoms with Crippen molar-refractivity contribution in [1.82, 2.24) is 5.32 Å². The maximum absolute atomic E-state index is 13.5. The number of carbonyl (C=O) groups excluding carboxylic acids is 2. The lowest BCUT2D eigenvalue weighted by Gasteiger charge is -2.16. The molecule has 0 unspecified atom stereocenters. The second kappa shape index (κ2) is 11.4. The highest BCUT2D eigenvalue weighted by Gasteiger charge is 2.34. The fourth-order valence-electron chi connectivity index (χ4n) is 3.03. The summed E-state index contributed by atoms with van der Waals surface area (Å²) in [5.74, 6) is -1.32. The Morgan fingerprint density at radius 2 is 1.77 bits per heavy atom. The summed E-state index contributed by atoms with van der Waals surface area (Å²) < 4.78 is 74.1. The normalized spacial score (nSPS) is 11.3. The fourth-order valence-corrected chi connectivity index (χ4v) is 3.03. The van der Waals surface area contributed by atoms with Gasteiger partial charge in [0.05, 0.1) is 18.4 Å². The first-order valence-corrected chi connectivity index (χ1v) is 10.2. The maximum Gasteiger partial charge on any atom is 0.418 e. The van der Waals surface area contributed by atoms with Crippen molar-refractivity contribution in [3.8, 4) is 5.75 Å². The molecule has 0 fully saturated rings. The molecule has 0 radical (unpaired) electrons. The molecule has 3 aromatic rings. The number of rotatable bonds is 10. The van der Waals surface area contributed by atoms with E-state index < -0.39 is 36.7 Å². The van der Waals surface area contributed by atoms with Crippen LogP contribution in [-0.2, 0) is 17.4 Å². The number of halogens is 5. The molecule has 1 aromatic heterocycles. The average molecular weight is 497 g/mol. The number of carbonyl (C=O) groups is 2. The van der Waals surface area contributed by atoms with Crippen LogP contribution in [-0.4, -0.2) is 31.5 Å². The number of benzene rings is 2. The Labute approximate surface area is 196 Å². The van der Waals surface area contributed by atoms with Crippen LogP contribution in [0.15, 0.2) is 65.3 Å². The van der Waals surface area contributed by atoms with Crippen LogP contribution in [0.1, 0.15) is 21.7 Å². The molecule has 186 valence electrons. The van der Waals surface area contributed by atoms with Crippen molar-refractivity contribution >= 4 is 23.2 Å². The first kappa shape index (κ1) is 25.5. The van der Waals surface area contributed by atoms with E-state index in [4.69, 9.17) is 4.42 Å². The lowest BCUT2D eigenvalue weighted by molar-refractivity contribution is -0.137. The smallest absolute Gasteiger partial charge is 0.418 e. The highest BCUT2D eigenvalue weighted by molar-refractivity contribution is 6.02. The van der Waals surface area contributed by atoms with Crippen LogP contribution in [0, 0.1) is 0 Å². The first-order chi connectivity index (χ1) is 16.6. The highest BCUT2D eigenvalue weighted by Crippen LogP contribution is 2.36. The molecular formula is C23H20F5N3O4. The molecule has 0 spiro atoms. The van der Waals surface area contributed by atoms with Gasteiger partial charge in [-0.25, -0.2) is 0 Å². The van der Waals surface area contributed by atoms with Gasteiger partial charge in [0.15, 0.2) is 5.76 Å². The van der Waals surface area contributed by atoms with Crippen molar-refractivity contribution in [2.24, 2.45) is 0 Å². The van der Waals surface area contributed by atoms with Gasteiger partial charge in [-0.15, -0.1) is 0 Å². The topological polar surface area (TPSA) is 92.6 Å². The molecule has 0 saturated carbocycles. The van der Waals surface area contributed by atoms with Crippen LogP contribution >= 0.6 is 0 Å². The van der Waals surface area contributed by atoms with E-state index in [1.807, 2.05) is 0 Å². The van der Waals surface area contributed by atoms with Crippen molar-refractivity contribution in [1.29, 1.82) is 0 Å². The van der Waals surface area contributed by atoms with Gasteiger partial charge in [-0.1, -0.05) is 12.1 Å². The van der Waals surface area contributed by atoms with Gasteiger partial charge >= 0.3 is 12.8 Å². The predicted octanol–water partition coefficient (Wildman–Crippen LogP) is 4.92. The van der Waals surface area contributed by atoms with E-state index in [9.17, 15) is 31.5 Å². The third-order valence-electron chi connectivity index (χ3n) is 4.65. The minimum Gasteiger partial charge on any atom is -0.459 e.